The number of hydrogen-bond donors (Lipinski definition) is 2. The molecule has 8 heteroatoms. The summed E-state index contributed by atoms with van der Waals surface area (Å²) in [5.41, 5.74) is 0.731. The number of benzene rings is 1. The number of aromatic nitrogens is 3. The van der Waals surface area contributed by atoms with Gasteiger partial charge in [0.2, 0.25) is 5.82 Å². The van der Waals surface area contributed by atoms with Crippen LogP contribution >= 0.6 is 24.0 Å². The molecule has 0 aliphatic carbocycles. The van der Waals surface area contributed by atoms with Crippen molar-refractivity contribution in [1.29, 1.82) is 0 Å². The number of piperidine rings is 1. The molecule has 0 saturated carbocycles. The fraction of sp³-hybridized carbons (Fsp3) is 0.500. The summed E-state index contributed by atoms with van der Waals surface area (Å²) in [5.74, 6) is 0.794. The minimum absolute atomic E-state index is 0. The van der Waals surface area contributed by atoms with Crippen LogP contribution in [0.4, 0.5) is 0 Å². The zero-order valence-electron chi connectivity index (χ0n) is 15.2. The molecule has 2 unspecified atom stereocenters. The lowest BCUT2D eigenvalue weighted by atomic mass is 10.0. The molecule has 0 spiro atoms. The first-order chi connectivity index (χ1) is 12.0. The van der Waals surface area contributed by atoms with Crippen molar-refractivity contribution in [2.24, 2.45) is 0 Å². The molecular formula is C18H25Cl2N5O. The number of nitrogens with zero attached hydrogens (tertiary/aromatic N) is 3. The summed E-state index contributed by atoms with van der Waals surface area (Å²) in [6.45, 7) is 7.07. The highest BCUT2D eigenvalue weighted by Crippen LogP contribution is 2.23. The third kappa shape index (κ3) is 4.55. The molecule has 6 nitrogen and oxygen atoms in total. The Morgan fingerprint density at radius 1 is 1.38 bits per heavy atom. The summed E-state index contributed by atoms with van der Waals surface area (Å²) >= 11 is 6.30. The van der Waals surface area contributed by atoms with Crippen molar-refractivity contribution in [3.8, 4) is 5.69 Å². The maximum atomic E-state index is 12.6. The topological polar surface area (TPSA) is 71.8 Å². The van der Waals surface area contributed by atoms with Crippen molar-refractivity contribution in [2.45, 2.75) is 51.6 Å². The minimum atomic E-state index is -0.230. The third-order valence-electron chi connectivity index (χ3n) is 4.39. The number of para-hydroxylation sites is 1. The van der Waals surface area contributed by atoms with E-state index in [9.17, 15) is 4.79 Å². The van der Waals surface area contributed by atoms with Gasteiger partial charge in [-0.1, -0.05) is 37.6 Å². The van der Waals surface area contributed by atoms with Gasteiger partial charge in [-0.3, -0.25) is 4.79 Å². The van der Waals surface area contributed by atoms with Crippen LogP contribution in [0.3, 0.4) is 0 Å². The first-order valence-electron chi connectivity index (χ1n) is 8.71. The molecule has 2 N–H and O–H groups in total. The SMILES string of the molecule is CC1CC(NC(=O)c2nc(C(C)C)n(-c3ccccc3Cl)n2)CCN1.Cl. The van der Waals surface area contributed by atoms with Crippen LogP contribution in [-0.4, -0.2) is 39.3 Å². The van der Waals surface area contributed by atoms with Crippen molar-refractivity contribution in [3.05, 3.63) is 40.9 Å². The van der Waals surface area contributed by atoms with Crippen molar-refractivity contribution < 1.29 is 4.79 Å². The van der Waals surface area contributed by atoms with Crippen LogP contribution in [0.25, 0.3) is 5.69 Å². The van der Waals surface area contributed by atoms with Gasteiger partial charge in [0.15, 0.2) is 0 Å². The Kier molecular flexibility index (Phi) is 7.03. The summed E-state index contributed by atoms with van der Waals surface area (Å²) in [6.07, 6.45) is 1.83. The number of amides is 1. The van der Waals surface area contributed by atoms with E-state index in [0.717, 1.165) is 30.9 Å². The van der Waals surface area contributed by atoms with E-state index in [2.05, 4.69) is 27.6 Å². The molecule has 0 bridgehead atoms. The molecule has 142 valence electrons. The van der Waals surface area contributed by atoms with Gasteiger partial charge < -0.3 is 10.6 Å². The second-order valence-electron chi connectivity index (χ2n) is 6.86. The molecule has 1 fully saturated rings. The van der Waals surface area contributed by atoms with Crippen LogP contribution in [0.1, 0.15) is 56.0 Å². The standard InChI is InChI=1S/C18H24ClN5O.ClH/c1-11(2)17-22-16(18(25)21-13-8-9-20-12(3)10-13)23-24(17)15-7-5-4-6-14(15)19;/h4-7,11-13,20H,8-10H2,1-3H3,(H,21,25);1H. The predicted molar refractivity (Wildman–Crippen MR) is 106 cm³/mol. The van der Waals surface area contributed by atoms with Crippen molar-refractivity contribution in [1.82, 2.24) is 25.4 Å². The van der Waals surface area contributed by atoms with E-state index in [-0.39, 0.29) is 36.1 Å². The fourth-order valence-electron chi connectivity index (χ4n) is 3.11. The summed E-state index contributed by atoms with van der Waals surface area (Å²) < 4.78 is 1.67. The lowest BCUT2D eigenvalue weighted by Gasteiger charge is -2.28. The highest BCUT2D eigenvalue weighted by Gasteiger charge is 2.24. The quantitative estimate of drug-likeness (QED) is 0.829. The van der Waals surface area contributed by atoms with Crippen molar-refractivity contribution >= 4 is 29.9 Å². The summed E-state index contributed by atoms with van der Waals surface area (Å²) in [4.78, 5) is 17.1. The van der Waals surface area contributed by atoms with E-state index in [4.69, 9.17) is 11.6 Å². The predicted octanol–water partition coefficient (Wildman–Crippen LogP) is 3.34. The molecule has 1 aromatic heterocycles. The number of carbonyl (C=O) groups excluding carboxylic acids is 1. The van der Waals surface area contributed by atoms with Crippen LogP contribution < -0.4 is 10.6 Å². The molecule has 1 aromatic carbocycles. The Labute approximate surface area is 165 Å². The molecule has 1 amide bonds. The highest BCUT2D eigenvalue weighted by atomic mass is 35.5. The van der Waals surface area contributed by atoms with Gasteiger partial charge >= 0.3 is 0 Å². The van der Waals surface area contributed by atoms with E-state index in [1.54, 1.807) is 10.7 Å². The number of rotatable bonds is 4. The largest absolute Gasteiger partial charge is 0.346 e. The van der Waals surface area contributed by atoms with Gasteiger partial charge in [0.25, 0.3) is 5.91 Å². The number of carbonyl (C=O) groups is 1. The summed E-state index contributed by atoms with van der Waals surface area (Å²) in [6, 6.07) is 7.99. The Morgan fingerprint density at radius 2 is 2.12 bits per heavy atom. The van der Waals surface area contributed by atoms with Crippen LogP contribution in [0.5, 0.6) is 0 Å². The Morgan fingerprint density at radius 3 is 2.77 bits per heavy atom. The monoisotopic (exact) mass is 397 g/mol. The average Bonchev–Trinajstić information content (AvgIpc) is 3.01. The first kappa shape index (κ1) is 20.7. The summed E-state index contributed by atoms with van der Waals surface area (Å²) in [5, 5.41) is 11.5. The second kappa shape index (κ2) is 8.84. The van der Waals surface area contributed by atoms with E-state index < -0.39 is 0 Å². The normalized spacial score (nSPS) is 19.9. The third-order valence-corrected chi connectivity index (χ3v) is 4.71. The van der Waals surface area contributed by atoms with Gasteiger partial charge in [0.05, 0.1) is 10.7 Å². The van der Waals surface area contributed by atoms with Gasteiger partial charge in [0, 0.05) is 18.0 Å². The maximum absolute atomic E-state index is 12.6. The van der Waals surface area contributed by atoms with E-state index in [0.29, 0.717) is 11.1 Å². The zero-order valence-corrected chi connectivity index (χ0v) is 16.8. The first-order valence-corrected chi connectivity index (χ1v) is 9.09. The molecule has 1 aliphatic rings. The Balaban J connectivity index is 0.00000243. The minimum Gasteiger partial charge on any atom is -0.346 e. The number of nitrogens with one attached hydrogen (secondary N) is 2. The van der Waals surface area contributed by atoms with Gasteiger partial charge in [-0.15, -0.1) is 17.5 Å². The Bertz CT molecular complexity index is 762. The van der Waals surface area contributed by atoms with E-state index in [1.165, 1.54) is 0 Å². The molecular weight excluding hydrogens is 373 g/mol. The molecule has 26 heavy (non-hydrogen) atoms. The molecule has 2 heterocycles. The fourth-order valence-corrected chi connectivity index (χ4v) is 3.32. The van der Waals surface area contributed by atoms with Gasteiger partial charge in [0.1, 0.15) is 5.82 Å². The zero-order chi connectivity index (χ0) is 18.0. The molecule has 1 saturated heterocycles. The number of hydrogen-bond acceptors (Lipinski definition) is 4. The van der Waals surface area contributed by atoms with Gasteiger partial charge in [-0.2, -0.15) is 0 Å². The highest BCUT2D eigenvalue weighted by molar-refractivity contribution is 6.32. The summed E-state index contributed by atoms with van der Waals surface area (Å²) in [7, 11) is 0. The van der Waals surface area contributed by atoms with E-state index in [1.807, 2.05) is 32.0 Å². The molecule has 0 radical (unpaired) electrons. The van der Waals surface area contributed by atoms with Crippen LogP contribution in [0, 0.1) is 0 Å². The lowest BCUT2D eigenvalue weighted by molar-refractivity contribution is 0.0915. The number of halogens is 2. The smallest absolute Gasteiger partial charge is 0.291 e. The molecule has 2 atom stereocenters. The van der Waals surface area contributed by atoms with Crippen LogP contribution in [0.15, 0.2) is 24.3 Å². The van der Waals surface area contributed by atoms with Gasteiger partial charge in [-0.25, -0.2) is 9.67 Å². The van der Waals surface area contributed by atoms with Crippen molar-refractivity contribution in [2.75, 3.05) is 6.54 Å². The lowest BCUT2D eigenvalue weighted by Crippen LogP contribution is -2.46. The van der Waals surface area contributed by atoms with Gasteiger partial charge in [-0.05, 0) is 38.4 Å². The van der Waals surface area contributed by atoms with Crippen LogP contribution in [-0.2, 0) is 0 Å². The second-order valence-corrected chi connectivity index (χ2v) is 7.27. The van der Waals surface area contributed by atoms with E-state index >= 15 is 0 Å². The van der Waals surface area contributed by atoms with Crippen molar-refractivity contribution in [3.63, 3.8) is 0 Å². The van der Waals surface area contributed by atoms with Crippen LogP contribution in [0.2, 0.25) is 5.02 Å². The molecule has 2 aromatic rings. The maximum Gasteiger partial charge on any atom is 0.291 e. The average molecular weight is 398 g/mol. The molecule has 3 rings (SSSR count). The Hall–Kier alpha value is -1.63. The molecule has 1 aliphatic heterocycles.